The van der Waals surface area contributed by atoms with Crippen molar-refractivity contribution in [3.8, 4) is 17.6 Å². The fraction of sp³-hybridized carbons (Fsp3) is 0.407. The lowest BCUT2D eigenvalue weighted by Gasteiger charge is -2.33. The van der Waals surface area contributed by atoms with E-state index in [0.717, 1.165) is 16.0 Å². The van der Waals surface area contributed by atoms with Crippen LogP contribution >= 0.6 is 11.3 Å². The number of rotatable bonds is 23. The molecule has 1 atom stereocenters. The number of ether oxygens (including phenoxy) is 3. The van der Waals surface area contributed by atoms with E-state index in [0.29, 0.717) is 137 Å². The highest BCUT2D eigenvalue weighted by Gasteiger charge is 2.45. The molecule has 5 aromatic rings. The zero-order valence-corrected chi connectivity index (χ0v) is 43.5. The number of nitrogens with two attached hydrogens (primary N) is 1. The fourth-order valence-electron chi connectivity index (χ4n) is 9.69. The molecule has 1 unspecified atom stereocenters. The van der Waals surface area contributed by atoms with E-state index in [4.69, 9.17) is 19.9 Å². The standard InChI is InChI=1S/C54H58FN11O11S/c55-40-30-34(13-15-43(40)77-26-5-11-44-48(53(73)74)59-54(78-44)64-21-17-35-7-1-8-37(49(56)69)39(35)32-64)6-3-19-62-22-24-63(25-23-62)46(68)12-4-20-65-31-36(60-61-65)33-76-29-28-75-27-18-57-41-10-2-9-38-47(41)52(72)66(51(38)71)42-14-16-45(67)58-50(42)70/h1-2,7-10,13,15,30-31,42,57H,4-5,11-12,14,16-29,32-33H2,(H2,56,69)(H,73,74)(H,58,67,70). The molecule has 0 spiro atoms. The number of carboxylic acids is 1. The van der Waals surface area contributed by atoms with E-state index in [1.807, 2.05) is 21.9 Å². The first-order chi connectivity index (χ1) is 37.8. The number of benzene rings is 3. The molecule has 6 heterocycles. The van der Waals surface area contributed by atoms with Gasteiger partial charge in [-0.1, -0.05) is 35.3 Å². The number of aryl methyl sites for hydroxylation is 2. The summed E-state index contributed by atoms with van der Waals surface area (Å²) in [5, 5.41) is 24.1. The number of hydrogen-bond donors (Lipinski definition) is 4. The Morgan fingerprint density at radius 2 is 1.76 bits per heavy atom. The summed E-state index contributed by atoms with van der Waals surface area (Å²) < 4.78 is 33.8. The number of amides is 6. The van der Waals surface area contributed by atoms with E-state index < -0.39 is 47.4 Å². The molecule has 78 heavy (non-hydrogen) atoms. The third-order valence-corrected chi connectivity index (χ3v) is 14.9. The molecule has 2 aromatic heterocycles. The van der Waals surface area contributed by atoms with Gasteiger partial charge in [-0.3, -0.25) is 48.6 Å². The molecule has 4 aliphatic heterocycles. The number of halogens is 1. The van der Waals surface area contributed by atoms with Crippen LogP contribution in [0.25, 0.3) is 0 Å². The van der Waals surface area contributed by atoms with Crippen LogP contribution in [-0.4, -0.2) is 159 Å². The molecule has 22 nitrogen and oxygen atoms in total. The lowest BCUT2D eigenvalue weighted by Crippen LogP contribution is -2.54. The van der Waals surface area contributed by atoms with Gasteiger partial charge in [0.05, 0.1) is 56.9 Å². The Hall–Kier alpha value is -8.11. The number of aromatic nitrogens is 4. The predicted octanol–water partition coefficient (Wildman–Crippen LogP) is 3.27. The number of fused-ring (bicyclic) bond motifs is 2. The molecule has 5 N–H and O–H groups in total. The number of thiazole rings is 1. The number of primary amides is 1. The second-order valence-corrected chi connectivity index (χ2v) is 20.0. The van der Waals surface area contributed by atoms with Crippen molar-refractivity contribution in [3.63, 3.8) is 0 Å². The molecule has 0 bridgehead atoms. The van der Waals surface area contributed by atoms with Crippen molar-refractivity contribution >= 4 is 63.6 Å². The highest BCUT2D eigenvalue weighted by molar-refractivity contribution is 7.15. The van der Waals surface area contributed by atoms with Crippen LogP contribution in [0.5, 0.6) is 5.75 Å². The summed E-state index contributed by atoms with van der Waals surface area (Å²) in [6, 6.07) is 13.8. The summed E-state index contributed by atoms with van der Waals surface area (Å²) in [7, 11) is 0. The fourth-order valence-corrected chi connectivity index (χ4v) is 10.8. The summed E-state index contributed by atoms with van der Waals surface area (Å²) in [5.74, 6) is 1.81. The maximum Gasteiger partial charge on any atom is 0.355 e. The lowest BCUT2D eigenvalue weighted by atomic mass is 9.95. The Bertz CT molecular complexity index is 3160. The number of nitrogens with one attached hydrogen (secondary N) is 2. The Balaban J connectivity index is 0.614. The van der Waals surface area contributed by atoms with Crippen LogP contribution in [0.2, 0.25) is 0 Å². The van der Waals surface area contributed by atoms with Crippen LogP contribution in [-0.2, 0) is 56.4 Å². The smallest absolute Gasteiger partial charge is 0.355 e. The summed E-state index contributed by atoms with van der Waals surface area (Å²) >= 11 is 1.29. The summed E-state index contributed by atoms with van der Waals surface area (Å²) in [6.07, 6.45) is 4.32. The van der Waals surface area contributed by atoms with Crippen LogP contribution < -0.4 is 26.0 Å². The molecule has 24 heteroatoms. The van der Waals surface area contributed by atoms with Gasteiger partial charge >= 0.3 is 5.97 Å². The van der Waals surface area contributed by atoms with Crippen molar-refractivity contribution in [2.24, 2.45) is 5.73 Å². The van der Waals surface area contributed by atoms with Crippen LogP contribution in [0.15, 0.2) is 60.8 Å². The predicted molar refractivity (Wildman–Crippen MR) is 280 cm³/mol. The van der Waals surface area contributed by atoms with Gasteiger partial charge in [0.1, 0.15) is 11.7 Å². The second kappa shape index (κ2) is 25.4. The third kappa shape index (κ3) is 13.2. The molecule has 3 aromatic carbocycles. The number of imide groups is 2. The first kappa shape index (κ1) is 54.7. The topological polar surface area (TPSA) is 274 Å². The van der Waals surface area contributed by atoms with Gasteiger partial charge in [0.15, 0.2) is 22.4 Å². The average molecular weight is 1090 g/mol. The summed E-state index contributed by atoms with van der Waals surface area (Å²) in [6.45, 7) is 6.04. The van der Waals surface area contributed by atoms with Gasteiger partial charge in [-0.15, -0.1) is 16.4 Å². The van der Waals surface area contributed by atoms with Gasteiger partial charge in [0.25, 0.3) is 11.8 Å². The quantitative estimate of drug-likeness (QED) is 0.0415. The van der Waals surface area contributed by atoms with Gasteiger partial charge in [-0.25, -0.2) is 14.2 Å². The van der Waals surface area contributed by atoms with E-state index >= 15 is 4.39 Å². The Labute approximate surface area is 452 Å². The van der Waals surface area contributed by atoms with Crippen molar-refractivity contribution in [3.05, 3.63) is 116 Å². The number of piperazine rings is 1. The number of carboxylic acid groups (broad SMARTS) is 1. The van der Waals surface area contributed by atoms with Crippen LogP contribution in [0.1, 0.15) is 101 Å². The molecule has 0 saturated carbocycles. The van der Waals surface area contributed by atoms with Crippen molar-refractivity contribution < 1.29 is 57.3 Å². The molecule has 2 fully saturated rings. The Morgan fingerprint density at radius 3 is 2.55 bits per heavy atom. The van der Waals surface area contributed by atoms with Crippen molar-refractivity contribution in [2.45, 2.75) is 70.7 Å². The molecular weight excluding hydrogens is 1030 g/mol. The molecule has 0 aliphatic carbocycles. The third-order valence-electron chi connectivity index (χ3n) is 13.7. The zero-order valence-electron chi connectivity index (χ0n) is 42.7. The minimum atomic E-state index is -1.13. The maximum absolute atomic E-state index is 15.1. The number of aromatic carboxylic acids is 1. The van der Waals surface area contributed by atoms with Gasteiger partial charge in [0, 0.05) is 86.9 Å². The van der Waals surface area contributed by atoms with Crippen molar-refractivity contribution in [1.29, 1.82) is 0 Å². The first-order valence-corrected chi connectivity index (χ1v) is 26.6. The molecule has 0 radical (unpaired) electrons. The largest absolute Gasteiger partial charge is 0.491 e. The Morgan fingerprint density at radius 1 is 0.936 bits per heavy atom. The first-order valence-electron chi connectivity index (χ1n) is 25.7. The van der Waals surface area contributed by atoms with E-state index in [2.05, 4.69) is 42.7 Å². The molecule has 408 valence electrons. The second-order valence-electron chi connectivity index (χ2n) is 19.0. The lowest BCUT2D eigenvalue weighted by molar-refractivity contribution is -0.136. The number of hydrogen-bond acceptors (Lipinski definition) is 17. The molecule has 2 saturated heterocycles. The van der Waals surface area contributed by atoms with Gasteiger partial charge in [0.2, 0.25) is 23.6 Å². The van der Waals surface area contributed by atoms with E-state index in [-0.39, 0.29) is 61.1 Å². The van der Waals surface area contributed by atoms with Crippen LogP contribution in [0, 0.1) is 17.7 Å². The minimum absolute atomic E-state index is 0.0302. The number of nitrogens with zero attached hydrogens (tertiary/aromatic N) is 8. The highest BCUT2D eigenvalue weighted by atomic mass is 32.1. The molecule has 4 aliphatic rings. The maximum atomic E-state index is 15.1. The monoisotopic (exact) mass is 1090 g/mol. The molecule has 9 rings (SSSR count). The van der Waals surface area contributed by atoms with Crippen LogP contribution in [0.4, 0.5) is 15.2 Å². The van der Waals surface area contributed by atoms with Gasteiger partial charge in [-0.05, 0) is 79.6 Å². The average Bonchev–Trinajstić information content (AvgIpc) is 4.34. The zero-order chi connectivity index (χ0) is 54.7. The Kier molecular flexibility index (Phi) is 17.8. The molecular formula is C54H58FN11O11S. The highest BCUT2D eigenvalue weighted by Crippen LogP contribution is 2.34. The van der Waals surface area contributed by atoms with Crippen LogP contribution in [0.3, 0.4) is 0 Å². The van der Waals surface area contributed by atoms with E-state index in [1.54, 1.807) is 35.1 Å². The van der Waals surface area contributed by atoms with Gasteiger partial charge in [-0.2, -0.15) is 0 Å². The number of piperidine rings is 1. The minimum Gasteiger partial charge on any atom is -0.491 e. The van der Waals surface area contributed by atoms with Crippen molar-refractivity contribution in [1.82, 2.24) is 40.0 Å². The molecule has 6 amide bonds. The number of anilines is 2. The number of carbonyl (C=O) groups excluding carboxylic acids is 6. The van der Waals surface area contributed by atoms with Gasteiger partial charge < -0.3 is 40.2 Å². The van der Waals surface area contributed by atoms with E-state index in [1.165, 1.54) is 29.5 Å². The van der Waals surface area contributed by atoms with Crippen molar-refractivity contribution in [2.75, 3.05) is 82.5 Å². The summed E-state index contributed by atoms with van der Waals surface area (Å²) in [4.78, 5) is 99.4. The number of carbonyl (C=O) groups is 7. The van der Waals surface area contributed by atoms with E-state index in [9.17, 15) is 38.7 Å². The normalized spacial score (nSPS) is 16.4. The summed E-state index contributed by atoms with van der Waals surface area (Å²) in [5.41, 5.74) is 9.84. The SMILES string of the molecule is NC(=O)c1cccc2c1CN(c1nc(C(=O)O)c(CCCOc3ccc(C#CCN4CCN(C(=O)CCCn5cc(COCCOCCNc6cccc7c6C(=O)N(C6CCC(=O)NC6=O)C7=O)nn5)CC4)cc3F)s1)CC2.